The van der Waals surface area contributed by atoms with Crippen LogP contribution in [0.2, 0.25) is 0 Å². The maximum atomic E-state index is 9.61. The predicted octanol–water partition coefficient (Wildman–Crippen LogP) is 1.27. The van der Waals surface area contributed by atoms with Gasteiger partial charge in [0.05, 0.1) is 6.10 Å². The Morgan fingerprint density at radius 1 is 1.22 bits per heavy atom. The largest absolute Gasteiger partial charge is 0.392 e. The Morgan fingerprint density at radius 2 is 2.00 bits per heavy atom. The average molecular weight is 290 g/mol. The molecule has 2 aliphatic heterocycles. The number of nitrogens with one attached hydrogen (secondary N) is 1. The number of hydrogen-bond acceptors (Lipinski definition) is 5. The fourth-order valence-corrected chi connectivity index (χ4v) is 5.04. The van der Waals surface area contributed by atoms with Crippen molar-refractivity contribution in [3.8, 4) is 0 Å². The van der Waals surface area contributed by atoms with Gasteiger partial charge in [0.1, 0.15) is 0 Å². The molecule has 1 unspecified atom stereocenters. The van der Waals surface area contributed by atoms with Gasteiger partial charge in [-0.2, -0.15) is 23.5 Å². The molecule has 0 aliphatic carbocycles. The molecule has 0 radical (unpaired) electrons. The minimum absolute atomic E-state index is 0.0821. The summed E-state index contributed by atoms with van der Waals surface area (Å²) in [4.78, 5) is 2.41. The molecule has 1 atom stereocenters. The van der Waals surface area contributed by atoms with E-state index in [1.165, 1.54) is 36.0 Å². The smallest absolute Gasteiger partial charge is 0.0667 e. The third kappa shape index (κ3) is 5.70. The fraction of sp³-hybridized carbons (Fsp3) is 1.00. The number of aliphatic hydroxyl groups is 1. The van der Waals surface area contributed by atoms with Crippen LogP contribution in [0.15, 0.2) is 0 Å². The van der Waals surface area contributed by atoms with Crippen molar-refractivity contribution in [1.82, 2.24) is 10.2 Å². The quantitative estimate of drug-likeness (QED) is 0.746. The Hall–Kier alpha value is 0.580. The van der Waals surface area contributed by atoms with E-state index >= 15 is 0 Å². The summed E-state index contributed by atoms with van der Waals surface area (Å²) in [5, 5.41) is 13.3. The van der Waals surface area contributed by atoms with E-state index in [-0.39, 0.29) is 6.10 Å². The summed E-state index contributed by atoms with van der Waals surface area (Å²) in [5.41, 5.74) is 0. The molecule has 2 N–H and O–H groups in total. The summed E-state index contributed by atoms with van der Waals surface area (Å²) in [6.45, 7) is 4.32. The Labute approximate surface area is 119 Å². The molecular formula is C13H26N2OS2. The van der Waals surface area contributed by atoms with Crippen LogP contribution in [0.1, 0.15) is 19.3 Å². The second kappa shape index (κ2) is 8.69. The number of β-amino-alcohol motifs (C(OH)–C–C–N with tert-alkyl or cyclic N) is 1. The molecule has 3 nitrogen and oxygen atoms in total. The lowest BCUT2D eigenvalue weighted by atomic mass is 10.1. The van der Waals surface area contributed by atoms with Crippen LogP contribution in [-0.2, 0) is 0 Å². The van der Waals surface area contributed by atoms with Gasteiger partial charge in [-0.1, -0.05) is 0 Å². The van der Waals surface area contributed by atoms with Gasteiger partial charge in [-0.05, 0) is 38.9 Å². The first kappa shape index (κ1) is 15.0. The first-order chi connectivity index (χ1) is 8.84. The van der Waals surface area contributed by atoms with Gasteiger partial charge in [0, 0.05) is 35.6 Å². The monoisotopic (exact) mass is 290 g/mol. The minimum Gasteiger partial charge on any atom is -0.392 e. The van der Waals surface area contributed by atoms with Crippen LogP contribution in [0.25, 0.3) is 0 Å². The molecule has 18 heavy (non-hydrogen) atoms. The van der Waals surface area contributed by atoms with Gasteiger partial charge in [0.2, 0.25) is 0 Å². The zero-order chi connectivity index (χ0) is 12.6. The summed E-state index contributed by atoms with van der Waals surface area (Å²) in [6, 6.07) is 0.703. The second-order valence-electron chi connectivity index (χ2n) is 5.25. The van der Waals surface area contributed by atoms with Crippen LogP contribution >= 0.6 is 23.5 Å². The fourth-order valence-electron chi connectivity index (χ4n) is 2.58. The van der Waals surface area contributed by atoms with Crippen molar-refractivity contribution in [3.05, 3.63) is 0 Å². The van der Waals surface area contributed by atoms with E-state index in [9.17, 15) is 5.11 Å². The van der Waals surface area contributed by atoms with Gasteiger partial charge in [-0.3, -0.25) is 0 Å². The Bertz CT molecular complexity index is 219. The standard InChI is InChI=1S/C13H26N2OS2/c16-13-3-1-5-15(9-13)6-2-4-14-12-10-17-7-8-18-11-12/h12-14,16H,1-11H2. The van der Waals surface area contributed by atoms with E-state index in [1.54, 1.807) is 0 Å². The van der Waals surface area contributed by atoms with Crippen molar-refractivity contribution in [3.63, 3.8) is 0 Å². The number of likely N-dealkylation sites (tertiary alicyclic amines) is 1. The van der Waals surface area contributed by atoms with Crippen LogP contribution < -0.4 is 5.32 Å². The molecule has 106 valence electrons. The van der Waals surface area contributed by atoms with Crippen LogP contribution in [0.4, 0.5) is 0 Å². The molecule has 0 saturated carbocycles. The van der Waals surface area contributed by atoms with Crippen molar-refractivity contribution in [1.29, 1.82) is 0 Å². The molecule has 0 aromatic heterocycles. The average Bonchev–Trinajstić information content (AvgIpc) is 2.63. The lowest BCUT2D eigenvalue weighted by Gasteiger charge is -2.30. The summed E-state index contributed by atoms with van der Waals surface area (Å²) in [5.74, 6) is 5.17. The molecule has 0 spiro atoms. The highest BCUT2D eigenvalue weighted by Gasteiger charge is 2.17. The number of aliphatic hydroxyl groups excluding tert-OH is 1. The van der Waals surface area contributed by atoms with E-state index in [1.807, 2.05) is 0 Å². The van der Waals surface area contributed by atoms with Crippen LogP contribution in [0, 0.1) is 0 Å². The molecule has 0 bridgehead atoms. The Morgan fingerprint density at radius 3 is 2.72 bits per heavy atom. The van der Waals surface area contributed by atoms with Crippen LogP contribution in [-0.4, -0.2) is 71.3 Å². The van der Waals surface area contributed by atoms with Gasteiger partial charge in [0.25, 0.3) is 0 Å². The van der Waals surface area contributed by atoms with Crippen molar-refractivity contribution in [2.75, 3.05) is 49.2 Å². The van der Waals surface area contributed by atoms with Gasteiger partial charge < -0.3 is 15.3 Å². The predicted molar refractivity (Wildman–Crippen MR) is 82.7 cm³/mol. The van der Waals surface area contributed by atoms with Crippen molar-refractivity contribution in [2.45, 2.75) is 31.4 Å². The van der Waals surface area contributed by atoms with Crippen molar-refractivity contribution >= 4 is 23.5 Å². The summed E-state index contributed by atoms with van der Waals surface area (Å²) in [7, 11) is 0. The molecule has 2 heterocycles. The summed E-state index contributed by atoms with van der Waals surface area (Å²) in [6.07, 6.45) is 3.27. The number of piperidine rings is 1. The Kier molecular flexibility index (Phi) is 7.23. The molecule has 0 amide bonds. The third-order valence-electron chi connectivity index (χ3n) is 3.57. The van der Waals surface area contributed by atoms with Crippen molar-refractivity contribution in [2.24, 2.45) is 0 Å². The maximum Gasteiger partial charge on any atom is 0.0667 e. The number of thioether (sulfide) groups is 2. The van der Waals surface area contributed by atoms with Gasteiger partial charge in [-0.25, -0.2) is 0 Å². The zero-order valence-corrected chi connectivity index (χ0v) is 12.8. The molecule has 5 heteroatoms. The van der Waals surface area contributed by atoms with E-state index in [0.29, 0.717) is 6.04 Å². The van der Waals surface area contributed by atoms with E-state index in [4.69, 9.17) is 0 Å². The summed E-state index contributed by atoms with van der Waals surface area (Å²) < 4.78 is 0. The van der Waals surface area contributed by atoms with Crippen LogP contribution in [0.5, 0.6) is 0 Å². The first-order valence-corrected chi connectivity index (χ1v) is 9.45. The van der Waals surface area contributed by atoms with Gasteiger partial charge >= 0.3 is 0 Å². The second-order valence-corrected chi connectivity index (χ2v) is 7.55. The molecule has 2 rings (SSSR count). The lowest BCUT2D eigenvalue weighted by Crippen LogP contribution is -2.40. The third-order valence-corrected chi connectivity index (χ3v) is 6.10. The van der Waals surface area contributed by atoms with E-state index in [0.717, 1.165) is 32.5 Å². The molecule has 0 aromatic rings. The normalized spacial score (nSPS) is 28.2. The molecule has 2 saturated heterocycles. The van der Waals surface area contributed by atoms with Gasteiger partial charge in [-0.15, -0.1) is 0 Å². The topological polar surface area (TPSA) is 35.5 Å². The lowest BCUT2D eigenvalue weighted by molar-refractivity contribution is 0.0701. The highest BCUT2D eigenvalue weighted by atomic mass is 32.2. The van der Waals surface area contributed by atoms with E-state index < -0.39 is 0 Å². The zero-order valence-electron chi connectivity index (χ0n) is 11.1. The van der Waals surface area contributed by atoms with E-state index in [2.05, 4.69) is 33.7 Å². The first-order valence-electron chi connectivity index (χ1n) is 7.14. The highest BCUT2D eigenvalue weighted by molar-refractivity contribution is 8.03. The maximum absolute atomic E-state index is 9.61. The van der Waals surface area contributed by atoms with Crippen molar-refractivity contribution < 1.29 is 5.11 Å². The number of rotatable bonds is 5. The SMILES string of the molecule is OC1CCCN(CCCNC2CSCCSC2)C1. The summed E-state index contributed by atoms with van der Waals surface area (Å²) >= 11 is 4.17. The van der Waals surface area contributed by atoms with Gasteiger partial charge in [0.15, 0.2) is 0 Å². The highest BCUT2D eigenvalue weighted by Crippen LogP contribution is 2.16. The molecule has 2 aliphatic rings. The molecule has 2 fully saturated rings. The molecule has 0 aromatic carbocycles. The molecular weight excluding hydrogens is 264 g/mol. The number of hydrogen-bond donors (Lipinski definition) is 2. The number of nitrogens with zero attached hydrogens (tertiary/aromatic N) is 1. The minimum atomic E-state index is -0.0821. The Balaban J connectivity index is 1.52. The van der Waals surface area contributed by atoms with Crippen LogP contribution in [0.3, 0.4) is 0 Å².